The monoisotopic (exact) mass is 316 g/mol. The van der Waals surface area contributed by atoms with Crippen LogP contribution in [0.2, 0.25) is 0 Å². The fraction of sp³-hybridized carbons (Fsp3) is 0.471. The van der Waals surface area contributed by atoms with Crippen molar-refractivity contribution in [3.8, 4) is 0 Å². The molecule has 6 heteroatoms. The van der Waals surface area contributed by atoms with E-state index in [0.717, 1.165) is 5.56 Å². The molecular formula is C17H24N4O2. The molecule has 1 aromatic carbocycles. The van der Waals surface area contributed by atoms with Crippen molar-refractivity contribution in [3.05, 3.63) is 48.0 Å². The van der Waals surface area contributed by atoms with E-state index in [1.807, 2.05) is 24.3 Å². The molecule has 1 aromatic heterocycles. The maximum Gasteiger partial charge on any atom is 0.244 e. The molecule has 2 atom stereocenters. The number of nitrogens with zero attached hydrogens (tertiary/aromatic N) is 3. The summed E-state index contributed by atoms with van der Waals surface area (Å²) in [6.07, 6.45) is 2.14. The van der Waals surface area contributed by atoms with Gasteiger partial charge < -0.3 is 10.4 Å². The second-order valence-electron chi connectivity index (χ2n) is 6.68. The van der Waals surface area contributed by atoms with E-state index >= 15 is 0 Å². The number of aromatic nitrogens is 3. The van der Waals surface area contributed by atoms with E-state index in [2.05, 4.69) is 36.2 Å². The molecule has 0 saturated carbocycles. The summed E-state index contributed by atoms with van der Waals surface area (Å²) in [6.45, 7) is 8.32. The Morgan fingerprint density at radius 3 is 2.48 bits per heavy atom. The Kier molecular flexibility index (Phi) is 5.15. The third-order valence-corrected chi connectivity index (χ3v) is 3.84. The topological polar surface area (TPSA) is 80.0 Å². The summed E-state index contributed by atoms with van der Waals surface area (Å²) >= 11 is 0. The summed E-state index contributed by atoms with van der Waals surface area (Å²) in [5, 5.41) is 16.9. The SMILES string of the molecule is CC(C(=O)NCC(O)c1ccc(C(C)(C)C)cc1)n1cncn1. The van der Waals surface area contributed by atoms with E-state index in [4.69, 9.17) is 0 Å². The molecule has 0 radical (unpaired) electrons. The van der Waals surface area contributed by atoms with Crippen molar-refractivity contribution >= 4 is 5.91 Å². The molecule has 124 valence electrons. The van der Waals surface area contributed by atoms with Gasteiger partial charge in [0.2, 0.25) is 5.91 Å². The molecule has 0 aliphatic rings. The van der Waals surface area contributed by atoms with E-state index in [-0.39, 0.29) is 17.9 Å². The van der Waals surface area contributed by atoms with Gasteiger partial charge in [-0.1, -0.05) is 45.0 Å². The predicted octanol–water partition coefficient (Wildman–Crippen LogP) is 1.99. The average Bonchev–Trinajstić information content (AvgIpc) is 3.05. The highest BCUT2D eigenvalue weighted by molar-refractivity contribution is 5.79. The van der Waals surface area contributed by atoms with Crippen LogP contribution in [0.1, 0.15) is 51.0 Å². The molecule has 6 nitrogen and oxygen atoms in total. The number of carbonyl (C=O) groups excluding carboxylic acids is 1. The highest BCUT2D eigenvalue weighted by atomic mass is 16.3. The fourth-order valence-electron chi connectivity index (χ4n) is 2.21. The van der Waals surface area contributed by atoms with E-state index in [0.29, 0.717) is 0 Å². The lowest BCUT2D eigenvalue weighted by Gasteiger charge is -2.20. The molecule has 0 saturated heterocycles. The predicted molar refractivity (Wildman–Crippen MR) is 87.8 cm³/mol. The van der Waals surface area contributed by atoms with E-state index in [1.165, 1.54) is 22.9 Å². The molecule has 2 aromatic rings. The van der Waals surface area contributed by atoms with Gasteiger partial charge in [0.1, 0.15) is 18.7 Å². The first-order valence-corrected chi connectivity index (χ1v) is 7.69. The van der Waals surface area contributed by atoms with Crippen molar-refractivity contribution in [2.45, 2.75) is 45.3 Å². The standard InChI is InChI=1S/C17H24N4O2/c1-12(21-11-18-10-20-21)16(23)19-9-15(22)13-5-7-14(8-6-13)17(2,3)4/h5-8,10-12,15,22H,9H2,1-4H3,(H,19,23). The van der Waals surface area contributed by atoms with Gasteiger partial charge in [-0.15, -0.1) is 0 Å². The van der Waals surface area contributed by atoms with Crippen LogP contribution < -0.4 is 5.32 Å². The molecule has 2 rings (SSSR count). The molecule has 2 N–H and O–H groups in total. The smallest absolute Gasteiger partial charge is 0.244 e. The first kappa shape index (κ1) is 17.1. The summed E-state index contributed by atoms with van der Waals surface area (Å²) in [5.74, 6) is -0.208. The van der Waals surface area contributed by atoms with Gasteiger partial charge in [-0.3, -0.25) is 4.79 Å². The minimum Gasteiger partial charge on any atom is -0.387 e. The van der Waals surface area contributed by atoms with E-state index in [1.54, 1.807) is 6.92 Å². The number of rotatable bonds is 5. The van der Waals surface area contributed by atoms with Crippen LogP contribution in [0, 0.1) is 0 Å². The molecular weight excluding hydrogens is 292 g/mol. The first-order valence-electron chi connectivity index (χ1n) is 7.69. The fourth-order valence-corrected chi connectivity index (χ4v) is 2.21. The maximum atomic E-state index is 12.1. The minimum atomic E-state index is -0.740. The van der Waals surface area contributed by atoms with Gasteiger partial charge in [0.25, 0.3) is 0 Å². The Balaban J connectivity index is 1.92. The van der Waals surface area contributed by atoms with Crippen molar-refractivity contribution in [2.75, 3.05) is 6.54 Å². The van der Waals surface area contributed by atoms with Gasteiger partial charge in [0.15, 0.2) is 0 Å². The molecule has 1 amide bonds. The number of carbonyl (C=O) groups is 1. The second-order valence-corrected chi connectivity index (χ2v) is 6.68. The Morgan fingerprint density at radius 1 is 1.30 bits per heavy atom. The zero-order valence-corrected chi connectivity index (χ0v) is 14.0. The number of hydrogen-bond donors (Lipinski definition) is 2. The lowest BCUT2D eigenvalue weighted by molar-refractivity contribution is -0.124. The first-order chi connectivity index (χ1) is 10.8. The van der Waals surface area contributed by atoms with Gasteiger partial charge in [-0.2, -0.15) is 5.10 Å². The largest absolute Gasteiger partial charge is 0.387 e. The van der Waals surface area contributed by atoms with Crippen LogP contribution in [-0.2, 0) is 10.2 Å². The summed E-state index contributed by atoms with van der Waals surface area (Å²) < 4.78 is 1.47. The molecule has 0 aliphatic heterocycles. The number of amides is 1. The number of aliphatic hydroxyl groups excluding tert-OH is 1. The minimum absolute atomic E-state index is 0.0743. The van der Waals surface area contributed by atoms with Crippen molar-refractivity contribution in [1.29, 1.82) is 0 Å². The summed E-state index contributed by atoms with van der Waals surface area (Å²) in [6, 6.07) is 7.36. The van der Waals surface area contributed by atoms with E-state index < -0.39 is 12.1 Å². The number of benzene rings is 1. The highest BCUT2D eigenvalue weighted by Gasteiger charge is 2.18. The van der Waals surface area contributed by atoms with Crippen molar-refractivity contribution in [3.63, 3.8) is 0 Å². The van der Waals surface area contributed by atoms with E-state index in [9.17, 15) is 9.90 Å². The van der Waals surface area contributed by atoms with Crippen LogP contribution in [-0.4, -0.2) is 32.3 Å². The van der Waals surface area contributed by atoms with Crippen molar-refractivity contribution in [2.24, 2.45) is 0 Å². The average molecular weight is 316 g/mol. The molecule has 1 heterocycles. The molecule has 0 fully saturated rings. The Morgan fingerprint density at radius 2 is 1.96 bits per heavy atom. The van der Waals surface area contributed by atoms with Crippen LogP contribution in [0.4, 0.5) is 0 Å². The van der Waals surface area contributed by atoms with Gasteiger partial charge in [-0.25, -0.2) is 9.67 Å². The lowest BCUT2D eigenvalue weighted by atomic mass is 9.86. The van der Waals surface area contributed by atoms with Crippen LogP contribution in [0.3, 0.4) is 0 Å². The molecule has 0 bridgehead atoms. The quantitative estimate of drug-likeness (QED) is 0.884. The Labute approximate surface area is 136 Å². The molecule has 0 aliphatic carbocycles. The third kappa shape index (κ3) is 4.39. The third-order valence-electron chi connectivity index (χ3n) is 3.84. The number of nitrogens with one attached hydrogen (secondary N) is 1. The molecule has 2 unspecified atom stereocenters. The van der Waals surface area contributed by atoms with Gasteiger partial charge in [0, 0.05) is 6.54 Å². The maximum absolute atomic E-state index is 12.1. The number of aliphatic hydroxyl groups is 1. The highest BCUT2D eigenvalue weighted by Crippen LogP contribution is 2.23. The van der Waals surface area contributed by atoms with Crippen molar-refractivity contribution < 1.29 is 9.90 Å². The second kappa shape index (κ2) is 6.91. The summed E-state index contributed by atoms with van der Waals surface area (Å²) in [7, 11) is 0. The van der Waals surface area contributed by atoms with Crippen molar-refractivity contribution in [1.82, 2.24) is 20.1 Å². The van der Waals surface area contributed by atoms with Crippen LogP contribution in [0.15, 0.2) is 36.9 Å². The summed E-state index contributed by atoms with van der Waals surface area (Å²) in [5.41, 5.74) is 2.06. The summed E-state index contributed by atoms with van der Waals surface area (Å²) in [4.78, 5) is 15.9. The Bertz CT molecular complexity index is 630. The zero-order valence-electron chi connectivity index (χ0n) is 14.0. The lowest BCUT2D eigenvalue weighted by Crippen LogP contribution is -2.34. The van der Waals surface area contributed by atoms with Gasteiger partial charge in [0.05, 0.1) is 6.10 Å². The molecule has 23 heavy (non-hydrogen) atoms. The number of hydrogen-bond acceptors (Lipinski definition) is 4. The molecule has 0 spiro atoms. The van der Waals surface area contributed by atoms with Crippen LogP contribution in [0.5, 0.6) is 0 Å². The van der Waals surface area contributed by atoms with Gasteiger partial charge in [-0.05, 0) is 23.5 Å². The zero-order chi connectivity index (χ0) is 17.0. The van der Waals surface area contributed by atoms with Gasteiger partial charge >= 0.3 is 0 Å². The Hall–Kier alpha value is -2.21. The van der Waals surface area contributed by atoms with Crippen LogP contribution >= 0.6 is 0 Å². The normalized spacial score (nSPS) is 14.3. The van der Waals surface area contributed by atoms with Crippen LogP contribution in [0.25, 0.3) is 0 Å².